The van der Waals surface area contributed by atoms with Crippen LogP contribution >= 0.6 is 15.9 Å². The smallest absolute Gasteiger partial charge is 0.255 e. The third-order valence-corrected chi connectivity index (χ3v) is 3.09. The number of hydrogen-bond donors (Lipinski definition) is 1. The zero-order valence-corrected chi connectivity index (χ0v) is 12.0. The molecule has 1 aromatic carbocycles. The average Bonchev–Trinajstić information content (AvgIpc) is 2.40. The first-order valence-corrected chi connectivity index (χ1v) is 6.49. The van der Waals surface area contributed by atoms with E-state index >= 15 is 0 Å². The molecule has 2 rings (SSSR count). The number of hydrogen-bond acceptors (Lipinski definition) is 3. The molecular formula is C14H13BrN2O2. The molecule has 0 radical (unpaired) electrons. The molecule has 0 saturated carbocycles. The normalized spacial score (nSPS) is 10.2. The first-order chi connectivity index (χ1) is 9.06. The van der Waals surface area contributed by atoms with Gasteiger partial charge in [-0.05, 0) is 39.7 Å². The third-order valence-electron chi connectivity index (χ3n) is 2.65. The van der Waals surface area contributed by atoms with E-state index in [9.17, 15) is 9.90 Å². The van der Waals surface area contributed by atoms with Crippen molar-refractivity contribution in [3.63, 3.8) is 0 Å². The number of amides is 1. The van der Waals surface area contributed by atoms with Crippen molar-refractivity contribution in [1.29, 1.82) is 0 Å². The summed E-state index contributed by atoms with van der Waals surface area (Å²) in [5.41, 5.74) is 1.49. The number of benzene rings is 1. The van der Waals surface area contributed by atoms with E-state index in [0.29, 0.717) is 12.1 Å². The van der Waals surface area contributed by atoms with E-state index in [4.69, 9.17) is 0 Å². The van der Waals surface area contributed by atoms with E-state index in [1.54, 1.807) is 54.7 Å². The van der Waals surface area contributed by atoms with Gasteiger partial charge in [-0.15, -0.1) is 0 Å². The van der Waals surface area contributed by atoms with E-state index in [1.807, 2.05) is 0 Å². The lowest BCUT2D eigenvalue weighted by Crippen LogP contribution is -2.26. The SMILES string of the molecule is CN(Cc1ccc(O)cc1)C(=O)c1cncc(Br)c1. The average molecular weight is 321 g/mol. The Morgan fingerprint density at radius 3 is 2.63 bits per heavy atom. The monoisotopic (exact) mass is 320 g/mol. The molecule has 0 atom stereocenters. The van der Waals surface area contributed by atoms with Crippen LogP contribution < -0.4 is 0 Å². The Labute approximate surface area is 119 Å². The number of carbonyl (C=O) groups is 1. The number of carbonyl (C=O) groups excluding carboxylic acids is 1. The standard InChI is InChI=1S/C14H13BrN2O2/c1-17(9-10-2-4-13(18)5-3-10)14(19)11-6-12(15)8-16-7-11/h2-8,18H,9H2,1H3. The fourth-order valence-electron chi connectivity index (χ4n) is 1.70. The Morgan fingerprint density at radius 1 is 1.32 bits per heavy atom. The van der Waals surface area contributed by atoms with Crippen molar-refractivity contribution in [2.24, 2.45) is 0 Å². The molecule has 1 N–H and O–H groups in total. The maximum Gasteiger partial charge on any atom is 0.255 e. The van der Waals surface area contributed by atoms with Gasteiger partial charge in [-0.3, -0.25) is 9.78 Å². The van der Waals surface area contributed by atoms with Gasteiger partial charge in [0.15, 0.2) is 0 Å². The van der Waals surface area contributed by atoms with Crippen molar-refractivity contribution in [3.8, 4) is 5.75 Å². The molecule has 0 fully saturated rings. The second-order valence-electron chi connectivity index (χ2n) is 4.22. The Bertz CT molecular complexity index is 584. The predicted octanol–water partition coefficient (Wildman–Crippen LogP) is 2.82. The topological polar surface area (TPSA) is 53.4 Å². The van der Waals surface area contributed by atoms with Gasteiger partial charge in [0.25, 0.3) is 5.91 Å². The molecular weight excluding hydrogens is 308 g/mol. The summed E-state index contributed by atoms with van der Waals surface area (Å²) in [5.74, 6) is 0.121. The summed E-state index contributed by atoms with van der Waals surface area (Å²) in [6.07, 6.45) is 3.18. The van der Waals surface area contributed by atoms with Crippen LogP contribution in [0, 0.1) is 0 Å². The number of aromatic hydroxyl groups is 1. The van der Waals surface area contributed by atoms with Crippen molar-refractivity contribution in [2.75, 3.05) is 7.05 Å². The molecule has 1 amide bonds. The lowest BCUT2D eigenvalue weighted by molar-refractivity contribution is 0.0784. The van der Waals surface area contributed by atoms with Crippen LogP contribution in [0.5, 0.6) is 5.75 Å². The van der Waals surface area contributed by atoms with Gasteiger partial charge in [-0.1, -0.05) is 12.1 Å². The molecule has 1 aromatic heterocycles. The number of pyridine rings is 1. The molecule has 5 heteroatoms. The molecule has 0 unspecified atom stereocenters. The molecule has 0 bridgehead atoms. The number of rotatable bonds is 3. The zero-order valence-electron chi connectivity index (χ0n) is 10.4. The van der Waals surface area contributed by atoms with Crippen molar-refractivity contribution < 1.29 is 9.90 Å². The number of nitrogens with zero attached hydrogens (tertiary/aromatic N) is 2. The van der Waals surface area contributed by atoms with E-state index in [1.165, 1.54) is 0 Å². The van der Waals surface area contributed by atoms with Crippen molar-refractivity contribution in [2.45, 2.75) is 6.54 Å². The summed E-state index contributed by atoms with van der Waals surface area (Å²) in [7, 11) is 1.73. The van der Waals surface area contributed by atoms with E-state index < -0.39 is 0 Å². The second-order valence-corrected chi connectivity index (χ2v) is 5.14. The largest absolute Gasteiger partial charge is 0.508 e. The fraction of sp³-hybridized carbons (Fsp3) is 0.143. The van der Waals surface area contributed by atoms with Gasteiger partial charge < -0.3 is 10.0 Å². The van der Waals surface area contributed by atoms with Gasteiger partial charge in [0.05, 0.1) is 5.56 Å². The molecule has 4 nitrogen and oxygen atoms in total. The summed E-state index contributed by atoms with van der Waals surface area (Å²) in [6.45, 7) is 0.478. The van der Waals surface area contributed by atoms with Gasteiger partial charge in [0.2, 0.25) is 0 Å². The fourth-order valence-corrected chi connectivity index (χ4v) is 2.06. The van der Waals surface area contributed by atoms with Crippen LogP contribution in [0.4, 0.5) is 0 Å². The molecule has 0 aliphatic carbocycles. The highest BCUT2D eigenvalue weighted by Gasteiger charge is 2.12. The number of phenolic OH excluding ortho intramolecular Hbond substituents is 1. The van der Waals surface area contributed by atoms with E-state index in [-0.39, 0.29) is 11.7 Å². The summed E-state index contributed by atoms with van der Waals surface area (Å²) in [5, 5.41) is 9.21. The lowest BCUT2D eigenvalue weighted by atomic mass is 10.2. The van der Waals surface area contributed by atoms with Crippen molar-refractivity contribution in [1.82, 2.24) is 9.88 Å². The summed E-state index contributed by atoms with van der Waals surface area (Å²) in [4.78, 5) is 17.8. The number of aromatic nitrogens is 1. The van der Waals surface area contributed by atoms with Crippen LogP contribution in [0.1, 0.15) is 15.9 Å². The van der Waals surface area contributed by atoms with E-state index in [0.717, 1.165) is 10.0 Å². The molecule has 0 spiro atoms. The summed E-state index contributed by atoms with van der Waals surface area (Å²) >= 11 is 3.29. The van der Waals surface area contributed by atoms with Crippen molar-refractivity contribution >= 4 is 21.8 Å². The molecule has 98 valence electrons. The quantitative estimate of drug-likeness (QED) is 0.946. The minimum atomic E-state index is -0.0955. The Hall–Kier alpha value is -1.88. The summed E-state index contributed by atoms with van der Waals surface area (Å²) in [6, 6.07) is 8.53. The lowest BCUT2D eigenvalue weighted by Gasteiger charge is -2.17. The maximum absolute atomic E-state index is 12.2. The highest BCUT2D eigenvalue weighted by Crippen LogP contribution is 2.14. The van der Waals surface area contributed by atoms with Crippen LogP contribution in [-0.4, -0.2) is 27.9 Å². The highest BCUT2D eigenvalue weighted by molar-refractivity contribution is 9.10. The molecule has 2 aromatic rings. The van der Waals surface area contributed by atoms with Gasteiger partial charge in [-0.25, -0.2) is 0 Å². The van der Waals surface area contributed by atoms with Gasteiger partial charge in [0.1, 0.15) is 5.75 Å². The third kappa shape index (κ3) is 3.54. The van der Waals surface area contributed by atoms with Crippen molar-refractivity contribution in [3.05, 3.63) is 58.3 Å². The van der Waals surface area contributed by atoms with Crippen LogP contribution in [-0.2, 0) is 6.54 Å². The molecule has 19 heavy (non-hydrogen) atoms. The van der Waals surface area contributed by atoms with E-state index in [2.05, 4.69) is 20.9 Å². The first kappa shape index (κ1) is 13.5. The highest BCUT2D eigenvalue weighted by atomic mass is 79.9. The van der Waals surface area contributed by atoms with Crippen LogP contribution in [0.3, 0.4) is 0 Å². The van der Waals surface area contributed by atoms with Crippen LogP contribution in [0.15, 0.2) is 47.2 Å². The van der Waals surface area contributed by atoms with Gasteiger partial charge >= 0.3 is 0 Å². The van der Waals surface area contributed by atoms with Crippen LogP contribution in [0.2, 0.25) is 0 Å². The summed E-state index contributed by atoms with van der Waals surface area (Å²) < 4.78 is 0.774. The minimum absolute atomic E-state index is 0.0955. The minimum Gasteiger partial charge on any atom is -0.508 e. The maximum atomic E-state index is 12.2. The Kier molecular flexibility index (Phi) is 4.16. The first-order valence-electron chi connectivity index (χ1n) is 5.70. The van der Waals surface area contributed by atoms with Crippen LogP contribution in [0.25, 0.3) is 0 Å². The molecule has 0 aliphatic rings. The Morgan fingerprint density at radius 2 is 2.00 bits per heavy atom. The molecule has 0 aliphatic heterocycles. The zero-order chi connectivity index (χ0) is 13.8. The molecule has 0 saturated heterocycles. The second kappa shape index (κ2) is 5.84. The van der Waals surface area contributed by atoms with Gasteiger partial charge in [-0.2, -0.15) is 0 Å². The predicted molar refractivity (Wildman–Crippen MR) is 75.8 cm³/mol. The number of halogens is 1. The Balaban J connectivity index is 2.09. The molecule has 1 heterocycles. The number of phenols is 1. The van der Waals surface area contributed by atoms with Gasteiger partial charge in [0, 0.05) is 30.5 Å².